The third-order valence-electron chi connectivity index (χ3n) is 3.19. The molecule has 0 unspecified atom stereocenters. The monoisotopic (exact) mass is 275 g/mol. The number of amides is 1. The molecule has 1 amide bonds. The van der Waals surface area contributed by atoms with Gasteiger partial charge in [-0.1, -0.05) is 0 Å². The molecule has 3 fully saturated rings. The minimum Gasteiger partial charge on any atom is -0.452 e. The highest BCUT2D eigenvalue weighted by atomic mass is 31.2. The van der Waals surface area contributed by atoms with Crippen molar-refractivity contribution < 1.29 is 28.1 Å². The van der Waals surface area contributed by atoms with Crippen molar-refractivity contribution in [3.05, 3.63) is 0 Å². The van der Waals surface area contributed by atoms with Crippen LogP contribution in [0.25, 0.3) is 0 Å². The number of carbonyl (C=O) groups excluding carboxylic acids is 2. The summed E-state index contributed by atoms with van der Waals surface area (Å²) < 4.78 is 20.8. The Morgan fingerprint density at radius 1 is 1.28 bits per heavy atom. The summed E-state index contributed by atoms with van der Waals surface area (Å²) in [5.74, 6) is -1.43. The number of rotatable bonds is 2. The first-order chi connectivity index (χ1) is 8.75. The van der Waals surface area contributed by atoms with Gasteiger partial charge >= 0.3 is 5.97 Å². The Bertz CT molecular complexity index is 354. The molecule has 0 aromatic heterocycles. The SMILES string of the molecule is O=C1C[C@H](C(=O)N2CCOCC2)[C@H](P2OCO2)O1. The van der Waals surface area contributed by atoms with E-state index >= 15 is 0 Å². The molecule has 18 heavy (non-hydrogen) atoms. The maximum Gasteiger partial charge on any atom is 0.307 e. The zero-order valence-corrected chi connectivity index (χ0v) is 10.6. The van der Waals surface area contributed by atoms with E-state index in [9.17, 15) is 9.59 Å². The van der Waals surface area contributed by atoms with Gasteiger partial charge < -0.3 is 23.4 Å². The molecular formula is C10H14NO6P. The van der Waals surface area contributed by atoms with E-state index in [1.807, 2.05) is 0 Å². The lowest BCUT2D eigenvalue weighted by atomic mass is 10.1. The van der Waals surface area contributed by atoms with Gasteiger partial charge in [0.15, 0.2) is 12.6 Å². The Kier molecular flexibility index (Phi) is 3.48. The predicted octanol–water partition coefficient (Wildman–Crippen LogP) is 0.0506. The third kappa shape index (κ3) is 2.23. The average molecular weight is 275 g/mol. The van der Waals surface area contributed by atoms with E-state index in [2.05, 4.69) is 0 Å². The molecule has 2 atom stereocenters. The Balaban J connectivity index is 1.68. The van der Waals surface area contributed by atoms with Crippen molar-refractivity contribution in [2.75, 3.05) is 33.1 Å². The molecule has 100 valence electrons. The first-order valence-corrected chi connectivity index (χ1v) is 7.11. The highest BCUT2D eigenvalue weighted by Gasteiger charge is 2.49. The fraction of sp³-hybridized carbons (Fsp3) is 0.800. The molecule has 0 aromatic carbocycles. The third-order valence-corrected chi connectivity index (χ3v) is 4.79. The standard InChI is InChI=1S/C10H14NO6P/c12-8-5-7(10(17-8)18-15-6-16-18)9(13)11-1-3-14-4-2-11/h7,10H,1-6H2/t7-,10+/m1/s1. The number of morpholine rings is 1. The molecular weight excluding hydrogens is 261 g/mol. The average Bonchev–Trinajstić information content (AvgIpc) is 2.69. The van der Waals surface area contributed by atoms with Crippen LogP contribution < -0.4 is 0 Å². The van der Waals surface area contributed by atoms with Gasteiger partial charge in [0.2, 0.25) is 14.3 Å². The normalized spacial score (nSPS) is 33.1. The summed E-state index contributed by atoms with van der Waals surface area (Å²) in [4.78, 5) is 25.4. The van der Waals surface area contributed by atoms with Gasteiger partial charge in [0.25, 0.3) is 0 Å². The number of hydrogen-bond donors (Lipinski definition) is 0. The van der Waals surface area contributed by atoms with Crippen LogP contribution in [-0.4, -0.2) is 55.7 Å². The van der Waals surface area contributed by atoms with Crippen LogP contribution in [0.5, 0.6) is 0 Å². The summed E-state index contributed by atoms with van der Waals surface area (Å²) >= 11 is 0. The lowest BCUT2D eigenvalue weighted by molar-refractivity contribution is -0.141. The topological polar surface area (TPSA) is 74.3 Å². The molecule has 0 bridgehead atoms. The second-order valence-electron chi connectivity index (χ2n) is 4.29. The van der Waals surface area contributed by atoms with Crippen LogP contribution >= 0.6 is 8.38 Å². The van der Waals surface area contributed by atoms with E-state index in [0.717, 1.165) is 0 Å². The molecule has 0 aromatic rings. The molecule has 0 N–H and O–H groups in total. The zero-order valence-electron chi connectivity index (χ0n) is 9.74. The fourth-order valence-electron chi connectivity index (χ4n) is 2.22. The first-order valence-electron chi connectivity index (χ1n) is 5.87. The molecule has 3 saturated heterocycles. The minimum absolute atomic E-state index is 0.0595. The number of carbonyl (C=O) groups is 2. The Labute approximate surface area is 105 Å². The van der Waals surface area contributed by atoms with Crippen molar-refractivity contribution in [1.29, 1.82) is 0 Å². The van der Waals surface area contributed by atoms with Crippen molar-refractivity contribution in [2.24, 2.45) is 5.92 Å². The van der Waals surface area contributed by atoms with E-state index < -0.39 is 20.1 Å². The minimum atomic E-state index is -1.24. The molecule has 3 rings (SSSR count). The van der Waals surface area contributed by atoms with E-state index in [4.69, 9.17) is 18.5 Å². The summed E-state index contributed by atoms with van der Waals surface area (Å²) in [7, 11) is -1.24. The molecule has 0 saturated carbocycles. The highest BCUT2D eigenvalue weighted by molar-refractivity contribution is 7.49. The Morgan fingerprint density at radius 3 is 2.61 bits per heavy atom. The molecule has 3 aliphatic rings. The molecule has 7 nitrogen and oxygen atoms in total. The van der Waals surface area contributed by atoms with Gasteiger partial charge in [0.05, 0.1) is 25.6 Å². The molecule has 3 heterocycles. The number of esters is 1. The summed E-state index contributed by atoms with van der Waals surface area (Å²) in [5.41, 5.74) is 0. The molecule has 0 radical (unpaired) electrons. The van der Waals surface area contributed by atoms with Gasteiger partial charge in [-0.2, -0.15) is 0 Å². The van der Waals surface area contributed by atoms with Gasteiger partial charge in [-0.15, -0.1) is 0 Å². The van der Waals surface area contributed by atoms with Gasteiger partial charge in [-0.3, -0.25) is 9.59 Å². The fourth-order valence-corrected chi connectivity index (χ4v) is 3.47. The maximum absolute atomic E-state index is 12.3. The lowest BCUT2D eigenvalue weighted by Crippen LogP contribution is -2.45. The second-order valence-corrected chi connectivity index (χ2v) is 5.89. The molecule has 0 aliphatic carbocycles. The first kappa shape index (κ1) is 12.3. The lowest BCUT2D eigenvalue weighted by Gasteiger charge is -2.34. The number of ether oxygens (including phenoxy) is 2. The summed E-state index contributed by atoms with van der Waals surface area (Å²) in [5, 5.41) is 0. The number of cyclic esters (lactones) is 1. The molecule has 0 spiro atoms. The zero-order chi connectivity index (χ0) is 12.5. The van der Waals surface area contributed by atoms with Crippen molar-refractivity contribution in [3.63, 3.8) is 0 Å². The number of hydrogen-bond acceptors (Lipinski definition) is 6. The van der Waals surface area contributed by atoms with E-state index in [1.54, 1.807) is 4.90 Å². The van der Waals surface area contributed by atoms with Crippen LogP contribution in [0.4, 0.5) is 0 Å². The van der Waals surface area contributed by atoms with Gasteiger partial charge in [0, 0.05) is 13.1 Å². The van der Waals surface area contributed by atoms with Gasteiger partial charge in [-0.05, 0) is 0 Å². The van der Waals surface area contributed by atoms with Crippen LogP contribution in [0.3, 0.4) is 0 Å². The predicted molar refractivity (Wildman–Crippen MR) is 59.3 cm³/mol. The second kappa shape index (κ2) is 5.09. The highest BCUT2D eigenvalue weighted by Crippen LogP contribution is 2.56. The molecule has 8 heteroatoms. The summed E-state index contributed by atoms with van der Waals surface area (Å²) in [6.45, 7) is 2.43. The Hall–Kier alpha value is -0.750. The van der Waals surface area contributed by atoms with Gasteiger partial charge in [0.1, 0.15) is 0 Å². The Morgan fingerprint density at radius 2 is 2.00 bits per heavy atom. The van der Waals surface area contributed by atoms with E-state index in [-0.39, 0.29) is 25.1 Å². The smallest absolute Gasteiger partial charge is 0.307 e. The van der Waals surface area contributed by atoms with Crippen LogP contribution in [-0.2, 0) is 28.1 Å². The van der Waals surface area contributed by atoms with Crippen molar-refractivity contribution in [3.8, 4) is 0 Å². The van der Waals surface area contributed by atoms with Crippen molar-refractivity contribution >= 4 is 20.3 Å². The van der Waals surface area contributed by atoms with Crippen LogP contribution in [0, 0.1) is 5.92 Å². The van der Waals surface area contributed by atoms with Crippen LogP contribution in [0.2, 0.25) is 0 Å². The largest absolute Gasteiger partial charge is 0.452 e. The summed E-state index contributed by atoms with van der Waals surface area (Å²) in [6, 6.07) is 0. The van der Waals surface area contributed by atoms with Crippen LogP contribution in [0.15, 0.2) is 0 Å². The molecule has 3 aliphatic heterocycles. The van der Waals surface area contributed by atoms with Crippen molar-refractivity contribution in [2.45, 2.75) is 12.3 Å². The summed E-state index contributed by atoms with van der Waals surface area (Å²) in [6.07, 6.45) is 0.117. The van der Waals surface area contributed by atoms with Crippen LogP contribution in [0.1, 0.15) is 6.42 Å². The maximum atomic E-state index is 12.3. The number of nitrogens with zero attached hydrogens (tertiary/aromatic N) is 1. The quantitative estimate of drug-likeness (QED) is 0.523. The van der Waals surface area contributed by atoms with E-state index in [0.29, 0.717) is 26.3 Å². The van der Waals surface area contributed by atoms with E-state index in [1.165, 1.54) is 0 Å². The van der Waals surface area contributed by atoms with Gasteiger partial charge in [-0.25, -0.2) is 0 Å². The van der Waals surface area contributed by atoms with Crippen molar-refractivity contribution in [1.82, 2.24) is 4.90 Å².